The summed E-state index contributed by atoms with van der Waals surface area (Å²) < 4.78 is 17.8. The van der Waals surface area contributed by atoms with Crippen LogP contribution in [0.3, 0.4) is 0 Å². The van der Waals surface area contributed by atoms with Crippen LogP contribution >= 0.6 is 0 Å². The fourth-order valence-electron chi connectivity index (χ4n) is 6.44. The Bertz CT molecular complexity index is 757. The van der Waals surface area contributed by atoms with Gasteiger partial charge in [0.15, 0.2) is 0 Å². The SMILES string of the molecule is CCCCCCCCC=CCCCCCCCCOCC(COC(=O)CCCN(C)CCO)OCCCCCCCCC=CCCCCCCCC. The topological polar surface area (TPSA) is 68.2 Å². The zero-order valence-electron chi connectivity index (χ0n) is 35.1. The average molecular weight is 736 g/mol. The van der Waals surface area contributed by atoms with Crippen LogP contribution in [0.2, 0.25) is 0 Å². The molecule has 0 aromatic heterocycles. The van der Waals surface area contributed by atoms with Crippen molar-refractivity contribution in [3.63, 3.8) is 0 Å². The van der Waals surface area contributed by atoms with E-state index in [1.807, 2.05) is 11.9 Å². The van der Waals surface area contributed by atoms with Crippen molar-refractivity contribution in [2.24, 2.45) is 0 Å². The quantitative estimate of drug-likeness (QED) is 0.0382. The summed E-state index contributed by atoms with van der Waals surface area (Å²) in [5, 5.41) is 9.06. The van der Waals surface area contributed by atoms with Gasteiger partial charge in [-0.25, -0.2) is 0 Å². The maximum atomic E-state index is 12.4. The van der Waals surface area contributed by atoms with Crippen LogP contribution < -0.4 is 0 Å². The number of rotatable bonds is 43. The summed E-state index contributed by atoms with van der Waals surface area (Å²) in [6.07, 6.45) is 46.8. The Labute approximate surface area is 324 Å². The van der Waals surface area contributed by atoms with Crippen molar-refractivity contribution in [1.29, 1.82) is 0 Å². The number of esters is 1. The highest BCUT2D eigenvalue weighted by atomic mass is 16.6. The van der Waals surface area contributed by atoms with Gasteiger partial charge >= 0.3 is 5.97 Å². The van der Waals surface area contributed by atoms with E-state index in [1.165, 1.54) is 167 Å². The van der Waals surface area contributed by atoms with E-state index in [1.54, 1.807) is 0 Å². The van der Waals surface area contributed by atoms with Gasteiger partial charge in [0.25, 0.3) is 0 Å². The van der Waals surface area contributed by atoms with Crippen LogP contribution in [-0.2, 0) is 19.0 Å². The molecule has 52 heavy (non-hydrogen) atoms. The van der Waals surface area contributed by atoms with Gasteiger partial charge < -0.3 is 24.2 Å². The molecule has 0 aliphatic heterocycles. The minimum Gasteiger partial charge on any atom is -0.463 e. The van der Waals surface area contributed by atoms with E-state index in [9.17, 15) is 4.79 Å². The number of carbonyl (C=O) groups is 1. The molecule has 0 fully saturated rings. The third-order valence-corrected chi connectivity index (χ3v) is 9.95. The summed E-state index contributed by atoms with van der Waals surface area (Å²) in [5.41, 5.74) is 0. The highest BCUT2D eigenvalue weighted by Crippen LogP contribution is 2.12. The Morgan fingerprint density at radius 2 is 0.962 bits per heavy atom. The van der Waals surface area contributed by atoms with Crippen LogP contribution in [-0.4, -0.2) is 75.3 Å². The van der Waals surface area contributed by atoms with Crippen molar-refractivity contribution in [1.82, 2.24) is 4.90 Å². The number of allylic oxidation sites excluding steroid dienone is 4. The first kappa shape index (κ1) is 50.8. The molecular formula is C46H89NO5. The Balaban J connectivity index is 4.04. The zero-order valence-corrected chi connectivity index (χ0v) is 35.1. The lowest BCUT2D eigenvalue weighted by atomic mass is 10.1. The number of likely N-dealkylation sites (N-methyl/N-ethyl adjacent to an activating group) is 1. The molecule has 0 spiro atoms. The summed E-state index contributed by atoms with van der Waals surface area (Å²) in [6, 6.07) is 0. The number of hydrogen-bond acceptors (Lipinski definition) is 6. The molecule has 0 saturated heterocycles. The van der Waals surface area contributed by atoms with E-state index >= 15 is 0 Å². The van der Waals surface area contributed by atoms with Gasteiger partial charge in [-0.2, -0.15) is 0 Å². The molecule has 0 radical (unpaired) electrons. The minimum absolute atomic E-state index is 0.133. The van der Waals surface area contributed by atoms with Gasteiger partial charge in [-0.15, -0.1) is 0 Å². The lowest BCUT2D eigenvalue weighted by Crippen LogP contribution is -2.28. The molecule has 1 atom stereocenters. The number of aliphatic hydroxyl groups is 1. The van der Waals surface area contributed by atoms with Gasteiger partial charge in [0.2, 0.25) is 0 Å². The Kier molecular flexibility index (Phi) is 43.2. The second-order valence-electron chi connectivity index (χ2n) is 15.3. The Hall–Kier alpha value is -1.21. The van der Waals surface area contributed by atoms with Gasteiger partial charge in [-0.05, 0) is 84.2 Å². The molecule has 0 aromatic carbocycles. The molecule has 6 nitrogen and oxygen atoms in total. The summed E-state index contributed by atoms with van der Waals surface area (Å²) >= 11 is 0. The fourth-order valence-corrected chi connectivity index (χ4v) is 6.44. The normalized spacial score (nSPS) is 12.6. The van der Waals surface area contributed by atoms with Gasteiger partial charge in [-0.3, -0.25) is 4.79 Å². The highest BCUT2D eigenvalue weighted by Gasteiger charge is 2.14. The molecule has 6 heteroatoms. The van der Waals surface area contributed by atoms with Crippen molar-refractivity contribution in [2.75, 3.05) is 53.2 Å². The van der Waals surface area contributed by atoms with E-state index in [-0.39, 0.29) is 25.3 Å². The van der Waals surface area contributed by atoms with Crippen molar-refractivity contribution < 1.29 is 24.1 Å². The average Bonchev–Trinajstić information content (AvgIpc) is 3.14. The van der Waals surface area contributed by atoms with E-state index in [0.717, 1.165) is 32.4 Å². The molecule has 0 bridgehead atoms. The summed E-state index contributed by atoms with van der Waals surface area (Å²) in [4.78, 5) is 14.4. The largest absolute Gasteiger partial charge is 0.463 e. The number of nitrogens with zero attached hydrogens (tertiary/aromatic N) is 1. The van der Waals surface area contributed by atoms with Gasteiger partial charge in [0.1, 0.15) is 12.7 Å². The molecule has 0 rings (SSSR count). The molecular weight excluding hydrogens is 647 g/mol. The monoisotopic (exact) mass is 736 g/mol. The van der Waals surface area contributed by atoms with E-state index < -0.39 is 0 Å². The van der Waals surface area contributed by atoms with E-state index in [0.29, 0.717) is 26.2 Å². The van der Waals surface area contributed by atoms with Gasteiger partial charge in [-0.1, -0.05) is 154 Å². The lowest BCUT2D eigenvalue weighted by Gasteiger charge is -2.19. The Morgan fingerprint density at radius 1 is 0.538 bits per heavy atom. The first-order valence-electron chi connectivity index (χ1n) is 22.6. The molecule has 0 saturated carbocycles. The number of unbranched alkanes of at least 4 members (excludes halogenated alkanes) is 24. The van der Waals surface area contributed by atoms with Crippen LogP contribution in [0.5, 0.6) is 0 Å². The molecule has 0 aliphatic rings. The maximum absolute atomic E-state index is 12.4. The molecule has 0 heterocycles. The standard InChI is InChI=1S/C46H89NO5/c1-4-6-8-10-12-14-16-18-20-22-24-26-28-30-32-34-41-50-43-45(44-52-46(49)37-36-38-47(3)39-40-48)51-42-35-33-31-29-27-25-23-21-19-17-15-13-11-9-7-5-2/h18-21,45,48H,4-17,22-44H2,1-3H3. The maximum Gasteiger partial charge on any atom is 0.305 e. The third-order valence-electron chi connectivity index (χ3n) is 9.95. The first-order valence-corrected chi connectivity index (χ1v) is 22.6. The number of aliphatic hydroxyl groups excluding tert-OH is 1. The molecule has 0 amide bonds. The predicted octanol–water partition coefficient (Wildman–Crippen LogP) is 12.7. The van der Waals surface area contributed by atoms with Gasteiger partial charge in [0.05, 0.1) is 13.2 Å². The van der Waals surface area contributed by atoms with Crippen LogP contribution in [0.15, 0.2) is 24.3 Å². The molecule has 0 aromatic rings. The van der Waals surface area contributed by atoms with Crippen molar-refractivity contribution >= 4 is 5.97 Å². The summed E-state index contributed by atoms with van der Waals surface area (Å²) in [7, 11) is 1.95. The predicted molar refractivity (Wildman–Crippen MR) is 224 cm³/mol. The highest BCUT2D eigenvalue weighted by molar-refractivity contribution is 5.69. The first-order chi connectivity index (χ1) is 25.6. The molecule has 0 aliphatic carbocycles. The second kappa shape index (κ2) is 44.2. The summed E-state index contributed by atoms with van der Waals surface area (Å²) in [6.45, 7) is 8.23. The fraction of sp³-hybridized carbons (Fsp3) is 0.891. The van der Waals surface area contributed by atoms with Crippen molar-refractivity contribution in [2.45, 2.75) is 213 Å². The lowest BCUT2D eigenvalue weighted by molar-refractivity contribution is -0.150. The zero-order chi connectivity index (χ0) is 37.8. The van der Waals surface area contributed by atoms with E-state index in [4.69, 9.17) is 19.3 Å². The van der Waals surface area contributed by atoms with Gasteiger partial charge in [0, 0.05) is 26.2 Å². The van der Waals surface area contributed by atoms with Crippen LogP contribution in [0.4, 0.5) is 0 Å². The smallest absolute Gasteiger partial charge is 0.305 e. The molecule has 308 valence electrons. The van der Waals surface area contributed by atoms with Crippen LogP contribution in [0, 0.1) is 0 Å². The number of ether oxygens (including phenoxy) is 3. The van der Waals surface area contributed by atoms with Crippen molar-refractivity contribution in [3.05, 3.63) is 24.3 Å². The Morgan fingerprint density at radius 3 is 1.42 bits per heavy atom. The molecule has 1 unspecified atom stereocenters. The van der Waals surface area contributed by atoms with E-state index in [2.05, 4.69) is 38.2 Å². The van der Waals surface area contributed by atoms with Crippen LogP contribution in [0.1, 0.15) is 206 Å². The second-order valence-corrected chi connectivity index (χ2v) is 15.3. The summed E-state index contributed by atoms with van der Waals surface area (Å²) in [5.74, 6) is -0.184. The van der Waals surface area contributed by atoms with Crippen molar-refractivity contribution in [3.8, 4) is 0 Å². The third kappa shape index (κ3) is 41.5. The number of hydrogen-bond donors (Lipinski definition) is 1. The number of carbonyl (C=O) groups excluding carboxylic acids is 1. The van der Waals surface area contributed by atoms with Crippen LogP contribution in [0.25, 0.3) is 0 Å². The minimum atomic E-state index is -0.210. The molecule has 1 N–H and O–H groups in total.